The van der Waals surface area contributed by atoms with Crippen molar-refractivity contribution in [2.24, 2.45) is 11.7 Å². The Kier molecular flexibility index (Phi) is 4.91. The molecule has 0 aliphatic carbocycles. The first kappa shape index (κ1) is 14.0. The molecule has 0 saturated carbocycles. The normalized spacial score (nSPS) is 13.0. The Morgan fingerprint density at radius 2 is 2.16 bits per heavy atom. The van der Waals surface area contributed by atoms with Crippen LogP contribution in [0.1, 0.15) is 45.1 Å². The van der Waals surface area contributed by atoms with Gasteiger partial charge in [-0.3, -0.25) is 0 Å². The number of nitrogens with two attached hydrogens (primary N) is 1. The van der Waals surface area contributed by atoms with Crippen LogP contribution in [0.5, 0.6) is 0 Å². The van der Waals surface area contributed by atoms with Crippen LogP contribution in [0.25, 0.3) is 11.0 Å². The molecule has 1 heterocycles. The highest BCUT2D eigenvalue weighted by molar-refractivity contribution is 5.78. The van der Waals surface area contributed by atoms with Gasteiger partial charge < -0.3 is 5.73 Å². The molecule has 0 aliphatic rings. The van der Waals surface area contributed by atoms with Crippen LogP contribution in [-0.2, 0) is 13.1 Å². The maximum atomic E-state index is 5.66. The van der Waals surface area contributed by atoms with Crippen LogP contribution in [0.3, 0.4) is 0 Å². The molecule has 1 unspecified atom stereocenters. The highest BCUT2D eigenvalue weighted by Gasteiger charge is 2.12. The molecule has 2 N–H and O–H groups in total. The molecular weight excluding hydrogens is 236 g/mol. The highest BCUT2D eigenvalue weighted by Crippen LogP contribution is 2.23. The van der Waals surface area contributed by atoms with Crippen molar-refractivity contribution in [2.45, 2.75) is 52.6 Å². The zero-order valence-electron chi connectivity index (χ0n) is 12.0. The lowest BCUT2D eigenvalue weighted by Crippen LogP contribution is -2.08. The average molecular weight is 260 g/mol. The van der Waals surface area contributed by atoms with Crippen molar-refractivity contribution in [3.8, 4) is 0 Å². The molecule has 19 heavy (non-hydrogen) atoms. The van der Waals surface area contributed by atoms with Gasteiger partial charge in [-0.15, -0.1) is 5.10 Å². The van der Waals surface area contributed by atoms with Crippen molar-refractivity contribution >= 4 is 11.0 Å². The van der Waals surface area contributed by atoms with Gasteiger partial charge in [0.25, 0.3) is 0 Å². The third-order valence-corrected chi connectivity index (χ3v) is 3.85. The zero-order valence-corrected chi connectivity index (χ0v) is 12.0. The number of nitrogens with zero attached hydrogens (tertiary/aromatic N) is 3. The van der Waals surface area contributed by atoms with E-state index in [0.29, 0.717) is 6.67 Å². The molecule has 1 atom stereocenters. The summed E-state index contributed by atoms with van der Waals surface area (Å²) in [6.45, 7) is 4.91. The number of unbranched alkanes of at least 4 members (excludes halogenated alkanes) is 1. The quantitative estimate of drug-likeness (QED) is 0.832. The minimum Gasteiger partial charge on any atom is -0.312 e. The molecule has 0 fully saturated rings. The van der Waals surface area contributed by atoms with E-state index in [9.17, 15) is 0 Å². The van der Waals surface area contributed by atoms with Crippen LogP contribution < -0.4 is 5.73 Å². The first-order chi connectivity index (χ1) is 9.30. The van der Waals surface area contributed by atoms with Crippen LogP contribution in [-0.4, -0.2) is 15.0 Å². The Hall–Kier alpha value is -1.42. The highest BCUT2D eigenvalue weighted by atomic mass is 15.4. The van der Waals surface area contributed by atoms with Gasteiger partial charge in [0.2, 0.25) is 0 Å². The first-order valence-electron chi connectivity index (χ1n) is 7.31. The van der Waals surface area contributed by atoms with Crippen molar-refractivity contribution in [1.29, 1.82) is 0 Å². The lowest BCUT2D eigenvalue weighted by atomic mass is 9.91. The summed E-state index contributed by atoms with van der Waals surface area (Å²) in [6.07, 6.45) is 6.20. The van der Waals surface area contributed by atoms with Crippen LogP contribution in [0.4, 0.5) is 0 Å². The molecule has 4 nitrogen and oxygen atoms in total. The molecule has 104 valence electrons. The maximum Gasteiger partial charge on any atom is 0.116 e. The second kappa shape index (κ2) is 6.66. The van der Waals surface area contributed by atoms with E-state index in [1.807, 2.05) is 6.07 Å². The van der Waals surface area contributed by atoms with Crippen LogP contribution in [0.2, 0.25) is 0 Å². The lowest BCUT2D eigenvalue weighted by molar-refractivity contribution is 0.450. The Balaban J connectivity index is 2.22. The Bertz CT molecular complexity index is 518. The van der Waals surface area contributed by atoms with Crippen molar-refractivity contribution in [1.82, 2.24) is 15.0 Å². The van der Waals surface area contributed by atoms with Gasteiger partial charge in [0.15, 0.2) is 0 Å². The summed E-state index contributed by atoms with van der Waals surface area (Å²) < 4.78 is 1.76. The number of hydrogen-bond acceptors (Lipinski definition) is 3. The van der Waals surface area contributed by atoms with E-state index in [1.54, 1.807) is 4.68 Å². The largest absolute Gasteiger partial charge is 0.312 e. The molecule has 2 aromatic rings. The van der Waals surface area contributed by atoms with Crippen LogP contribution in [0.15, 0.2) is 18.2 Å². The van der Waals surface area contributed by atoms with E-state index in [1.165, 1.54) is 31.2 Å². The van der Waals surface area contributed by atoms with Gasteiger partial charge in [0.1, 0.15) is 5.52 Å². The van der Waals surface area contributed by atoms with E-state index < -0.39 is 0 Å². The van der Waals surface area contributed by atoms with Crippen molar-refractivity contribution in [2.75, 3.05) is 0 Å². The van der Waals surface area contributed by atoms with Crippen molar-refractivity contribution in [3.05, 3.63) is 23.8 Å². The fourth-order valence-electron chi connectivity index (χ4n) is 2.60. The summed E-state index contributed by atoms with van der Waals surface area (Å²) in [5.74, 6) is 0.744. The van der Waals surface area contributed by atoms with Crippen LogP contribution in [0, 0.1) is 5.92 Å². The minimum atomic E-state index is 0.382. The van der Waals surface area contributed by atoms with Gasteiger partial charge in [0.05, 0.1) is 12.2 Å². The fraction of sp³-hybridized carbons (Fsp3) is 0.600. The molecule has 4 heteroatoms. The molecule has 1 aromatic carbocycles. The molecule has 2 rings (SSSR count). The summed E-state index contributed by atoms with van der Waals surface area (Å²) in [5.41, 5.74) is 9.03. The molecule has 0 radical (unpaired) electrons. The maximum absolute atomic E-state index is 5.66. The number of fused-ring (bicyclic) bond motifs is 1. The Labute approximate surface area is 115 Å². The predicted octanol–water partition coefficient (Wildman–Crippen LogP) is 3.11. The molecular formula is C15H24N4. The van der Waals surface area contributed by atoms with E-state index in [2.05, 4.69) is 36.3 Å². The third-order valence-electron chi connectivity index (χ3n) is 3.85. The van der Waals surface area contributed by atoms with Gasteiger partial charge in [-0.2, -0.15) is 0 Å². The zero-order chi connectivity index (χ0) is 13.7. The molecule has 1 aromatic heterocycles. The van der Waals surface area contributed by atoms with Crippen molar-refractivity contribution in [3.63, 3.8) is 0 Å². The van der Waals surface area contributed by atoms with Crippen molar-refractivity contribution < 1.29 is 0 Å². The van der Waals surface area contributed by atoms with E-state index in [0.717, 1.165) is 23.4 Å². The summed E-state index contributed by atoms with van der Waals surface area (Å²) in [4.78, 5) is 0. The predicted molar refractivity (Wildman–Crippen MR) is 78.7 cm³/mol. The van der Waals surface area contributed by atoms with E-state index >= 15 is 0 Å². The topological polar surface area (TPSA) is 56.7 Å². The fourth-order valence-corrected chi connectivity index (χ4v) is 2.60. The summed E-state index contributed by atoms with van der Waals surface area (Å²) in [5, 5.41) is 8.40. The number of hydrogen-bond donors (Lipinski definition) is 1. The smallest absolute Gasteiger partial charge is 0.116 e. The minimum absolute atomic E-state index is 0.382. The average Bonchev–Trinajstić information content (AvgIpc) is 2.87. The monoisotopic (exact) mass is 260 g/mol. The molecule has 0 saturated heterocycles. The van der Waals surface area contributed by atoms with Gasteiger partial charge in [-0.05, 0) is 24.0 Å². The van der Waals surface area contributed by atoms with Gasteiger partial charge >= 0.3 is 0 Å². The number of rotatable bonds is 7. The summed E-state index contributed by atoms with van der Waals surface area (Å²) >= 11 is 0. The van der Waals surface area contributed by atoms with E-state index in [4.69, 9.17) is 5.73 Å². The second-order valence-electron chi connectivity index (χ2n) is 5.18. The van der Waals surface area contributed by atoms with Crippen LogP contribution >= 0.6 is 0 Å². The van der Waals surface area contributed by atoms with Gasteiger partial charge in [0, 0.05) is 0 Å². The van der Waals surface area contributed by atoms with E-state index in [-0.39, 0.29) is 0 Å². The molecule has 0 amide bonds. The SMILES string of the molecule is CCCCC(CC)Cc1cccc2c1nnn2CN. The molecule has 0 aliphatic heterocycles. The Morgan fingerprint density at radius 1 is 1.32 bits per heavy atom. The van der Waals surface area contributed by atoms with Gasteiger partial charge in [-0.1, -0.05) is 56.9 Å². The Morgan fingerprint density at radius 3 is 2.84 bits per heavy atom. The standard InChI is InChI=1S/C15H24N4/c1-3-5-7-12(4-2)10-13-8-6-9-14-15(13)17-18-19(14)11-16/h6,8-9,12H,3-5,7,10-11,16H2,1-2H3. The number of aromatic nitrogens is 3. The third kappa shape index (κ3) is 3.13. The lowest BCUT2D eigenvalue weighted by Gasteiger charge is -2.14. The molecule has 0 bridgehead atoms. The summed E-state index contributed by atoms with van der Waals surface area (Å²) in [7, 11) is 0. The first-order valence-corrected chi connectivity index (χ1v) is 7.31. The number of benzene rings is 1. The summed E-state index contributed by atoms with van der Waals surface area (Å²) in [6, 6.07) is 6.30. The second-order valence-corrected chi connectivity index (χ2v) is 5.18. The van der Waals surface area contributed by atoms with Gasteiger partial charge in [-0.25, -0.2) is 4.68 Å². The molecule has 0 spiro atoms.